The van der Waals surface area contributed by atoms with E-state index in [1.165, 1.54) is 10.1 Å². The van der Waals surface area contributed by atoms with E-state index < -0.39 is 11.9 Å². The molecule has 2 amide bonds. The topological polar surface area (TPSA) is 97.6 Å². The molecule has 0 saturated carbocycles. The molecule has 4 rings (SSSR count). The second-order valence-electron chi connectivity index (χ2n) is 8.46. The number of fused-ring (bicyclic) bond motifs is 1. The number of aryl methyl sites for hydroxylation is 2. The van der Waals surface area contributed by atoms with E-state index in [1.807, 2.05) is 25.2 Å². The number of piperidine rings is 1. The molecule has 2 aliphatic rings. The highest BCUT2D eigenvalue weighted by atomic mass is 16.5. The number of ether oxygens (including phenoxy) is 1. The van der Waals surface area contributed by atoms with Gasteiger partial charge in [0.1, 0.15) is 6.04 Å². The molecule has 1 unspecified atom stereocenters. The summed E-state index contributed by atoms with van der Waals surface area (Å²) in [5.41, 5.74) is 2.48. The van der Waals surface area contributed by atoms with Crippen molar-refractivity contribution in [2.45, 2.75) is 37.8 Å². The Labute approximate surface area is 181 Å². The standard InChI is InChI=1S/C22H31N5O4/c1-23-13-16-14-26(10-11-31-16)9-3-4-15-5-6-17-19(12-15)25(2)22(30)27(17)18-7-8-20(28)24-21(18)29/h5-6,12,16,18,23H,3-4,7-11,13-14H2,1-2H3,(H,24,28,29)/t16-,18?/m0/s1. The molecule has 1 aromatic heterocycles. The lowest BCUT2D eigenvalue weighted by atomic mass is 10.0. The fourth-order valence-corrected chi connectivity index (χ4v) is 4.64. The summed E-state index contributed by atoms with van der Waals surface area (Å²) in [6, 6.07) is 5.36. The molecule has 2 atom stereocenters. The van der Waals surface area contributed by atoms with Gasteiger partial charge in [-0.15, -0.1) is 0 Å². The molecule has 31 heavy (non-hydrogen) atoms. The molecule has 0 spiro atoms. The predicted octanol–water partition coefficient (Wildman–Crippen LogP) is 0.171. The number of carbonyl (C=O) groups excluding carboxylic acids is 2. The monoisotopic (exact) mass is 429 g/mol. The minimum Gasteiger partial charge on any atom is -0.374 e. The maximum Gasteiger partial charge on any atom is 0.329 e. The van der Waals surface area contributed by atoms with Gasteiger partial charge in [-0.1, -0.05) is 6.07 Å². The normalized spacial score (nSPS) is 22.8. The zero-order chi connectivity index (χ0) is 22.0. The lowest BCUT2D eigenvalue weighted by Gasteiger charge is -2.32. The van der Waals surface area contributed by atoms with Crippen LogP contribution in [0.3, 0.4) is 0 Å². The van der Waals surface area contributed by atoms with E-state index in [-0.39, 0.29) is 24.1 Å². The van der Waals surface area contributed by atoms with Gasteiger partial charge in [0.25, 0.3) is 0 Å². The Morgan fingerprint density at radius 2 is 2.06 bits per heavy atom. The van der Waals surface area contributed by atoms with E-state index in [0.717, 1.165) is 56.7 Å². The number of carbonyl (C=O) groups is 2. The van der Waals surface area contributed by atoms with Gasteiger partial charge < -0.3 is 10.1 Å². The first kappa shape index (κ1) is 21.7. The highest BCUT2D eigenvalue weighted by Crippen LogP contribution is 2.24. The Hall–Kier alpha value is -2.49. The molecule has 0 bridgehead atoms. The van der Waals surface area contributed by atoms with Gasteiger partial charge in [-0.25, -0.2) is 4.79 Å². The van der Waals surface area contributed by atoms with Crippen LogP contribution in [0.15, 0.2) is 23.0 Å². The maximum atomic E-state index is 12.9. The summed E-state index contributed by atoms with van der Waals surface area (Å²) in [5, 5.41) is 5.52. The number of hydrogen-bond acceptors (Lipinski definition) is 6. The van der Waals surface area contributed by atoms with Gasteiger partial charge >= 0.3 is 5.69 Å². The Balaban J connectivity index is 1.45. The maximum absolute atomic E-state index is 12.9. The van der Waals surface area contributed by atoms with Crippen molar-refractivity contribution >= 4 is 22.8 Å². The number of imide groups is 1. The van der Waals surface area contributed by atoms with E-state index in [9.17, 15) is 14.4 Å². The van der Waals surface area contributed by atoms with Gasteiger partial charge in [0, 0.05) is 33.1 Å². The third-order valence-corrected chi connectivity index (χ3v) is 6.27. The summed E-state index contributed by atoms with van der Waals surface area (Å²) >= 11 is 0. The smallest absolute Gasteiger partial charge is 0.329 e. The van der Waals surface area contributed by atoms with Crippen LogP contribution in [0.1, 0.15) is 30.9 Å². The lowest BCUT2D eigenvalue weighted by molar-refractivity contribution is -0.135. The van der Waals surface area contributed by atoms with Gasteiger partial charge in [0.2, 0.25) is 11.8 Å². The van der Waals surface area contributed by atoms with E-state index in [4.69, 9.17) is 4.74 Å². The number of amides is 2. The molecular weight excluding hydrogens is 398 g/mol. The molecule has 0 aliphatic carbocycles. The molecule has 9 nitrogen and oxygen atoms in total. The van der Waals surface area contributed by atoms with Crippen LogP contribution < -0.4 is 16.3 Å². The molecule has 1 aromatic carbocycles. The Bertz CT molecular complexity index is 1020. The third-order valence-electron chi connectivity index (χ3n) is 6.27. The van der Waals surface area contributed by atoms with Crippen LogP contribution in [0.5, 0.6) is 0 Å². The minimum absolute atomic E-state index is 0.231. The summed E-state index contributed by atoms with van der Waals surface area (Å²) in [7, 11) is 3.67. The summed E-state index contributed by atoms with van der Waals surface area (Å²) in [4.78, 5) is 39.1. The van der Waals surface area contributed by atoms with Crippen molar-refractivity contribution in [2.24, 2.45) is 7.05 Å². The molecule has 9 heteroatoms. The van der Waals surface area contributed by atoms with Gasteiger partial charge in [0.15, 0.2) is 0 Å². The van der Waals surface area contributed by atoms with Gasteiger partial charge in [0.05, 0.1) is 23.7 Å². The van der Waals surface area contributed by atoms with Gasteiger partial charge in [-0.05, 0) is 50.6 Å². The highest BCUT2D eigenvalue weighted by Gasteiger charge is 2.31. The Morgan fingerprint density at radius 3 is 2.84 bits per heavy atom. The van der Waals surface area contributed by atoms with Crippen molar-refractivity contribution < 1.29 is 14.3 Å². The second-order valence-corrected chi connectivity index (χ2v) is 8.46. The molecule has 2 aliphatic heterocycles. The van der Waals surface area contributed by atoms with E-state index in [0.29, 0.717) is 6.42 Å². The van der Waals surface area contributed by atoms with Crippen LogP contribution in [-0.4, -0.2) is 71.8 Å². The van der Waals surface area contributed by atoms with Crippen LogP contribution >= 0.6 is 0 Å². The average Bonchev–Trinajstić information content (AvgIpc) is 2.99. The number of nitrogens with zero attached hydrogens (tertiary/aromatic N) is 3. The van der Waals surface area contributed by atoms with Crippen molar-refractivity contribution in [3.63, 3.8) is 0 Å². The first-order chi connectivity index (χ1) is 15.0. The second kappa shape index (κ2) is 9.33. The van der Waals surface area contributed by atoms with E-state index in [1.54, 1.807) is 11.6 Å². The number of nitrogens with one attached hydrogen (secondary N) is 2. The number of imidazole rings is 1. The van der Waals surface area contributed by atoms with Crippen molar-refractivity contribution in [2.75, 3.05) is 39.8 Å². The fraction of sp³-hybridized carbons (Fsp3) is 0.591. The summed E-state index contributed by atoms with van der Waals surface area (Å²) in [6.45, 7) is 4.56. The van der Waals surface area contributed by atoms with Crippen LogP contribution in [-0.2, 0) is 27.8 Å². The Kier molecular flexibility index (Phi) is 6.54. The van der Waals surface area contributed by atoms with E-state index >= 15 is 0 Å². The molecule has 3 heterocycles. The van der Waals surface area contributed by atoms with Crippen molar-refractivity contribution in [3.05, 3.63) is 34.2 Å². The SMILES string of the molecule is CNC[C@H]1CN(CCCc2ccc3c(c2)n(C)c(=O)n3C2CCC(=O)NC2=O)CCO1. The van der Waals surface area contributed by atoms with Gasteiger partial charge in [-0.2, -0.15) is 0 Å². The van der Waals surface area contributed by atoms with Crippen LogP contribution in [0.4, 0.5) is 0 Å². The number of benzene rings is 1. The first-order valence-corrected chi connectivity index (χ1v) is 11.0. The number of aromatic nitrogens is 2. The van der Waals surface area contributed by atoms with Crippen LogP contribution in [0.2, 0.25) is 0 Å². The predicted molar refractivity (Wildman–Crippen MR) is 117 cm³/mol. The number of morpholine rings is 1. The number of hydrogen-bond donors (Lipinski definition) is 2. The fourth-order valence-electron chi connectivity index (χ4n) is 4.64. The molecule has 0 radical (unpaired) electrons. The average molecular weight is 430 g/mol. The Morgan fingerprint density at radius 1 is 1.23 bits per heavy atom. The van der Waals surface area contributed by atoms with Crippen molar-refractivity contribution in [1.82, 2.24) is 24.7 Å². The van der Waals surface area contributed by atoms with E-state index in [2.05, 4.69) is 15.5 Å². The molecule has 2 fully saturated rings. The zero-order valence-corrected chi connectivity index (χ0v) is 18.2. The summed E-state index contributed by atoms with van der Waals surface area (Å²) in [5.74, 6) is -0.689. The molecule has 2 aromatic rings. The largest absolute Gasteiger partial charge is 0.374 e. The van der Waals surface area contributed by atoms with Crippen molar-refractivity contribution in [3.8, 4) is 0 Å². The third kappa shape index (κ3) is 4.58. The summed E-state index contributed by atoms with van der Waals surface area (Å²) in [6.07, 6.45) is 2.78. The number of likely N-dealkylation sites (N-methyl/N-ethyl adjacent to an activating group) is 1. The van der Waals surface area contributed by atoms with Crippen LogP contribution in [0, 0.1) is 0 Å². The lowest BCUT2D eigenvalue weighted by Crippen LogP contribution is -2.46. The minimum atomic E-state index is -0.647. The summed E-state index contributed by atoms with van der Waals surface area (Å²) < 4.78 is 8.88. The van der Waals surface area contributed by atoms with Gasteiger partial charge in [-0.3, -0.25) is 28.9 Å². The zero-order valence-electron chi connectivity index (χ0n) is 18.2. The first-order valence-electron chi connectivity index (χ1n) is 11.0. The molecule has 2 saturated heterocycles. The molecule has 2 N–H and O–H groups in total. The van der Waals surface area contributed by atoms with Crippen LogP contribution in [0.25, 0.3) is 11.0 Å². The van der Waals surface area contributed by atoms with Crippen molar-refractivity contribution in [1.29, 1.82) is 0 Å². The molecular formula is C22H31N5O4. The number of rotatable bonds is 7. The molecule has 168 valence electrons. The highest BCUT2D eigenvalue weighted by molar-refractivity contribution is 6.00. The quantitative estimate of drug-likeness (QED) is 0.609.